The van der Waals surface area contributed by atoms with Crippen molar-refractivity contribution >= 4 is 50.4 Å². The van der Waals surface area contributed by atoms with Crippen molar-refractivity contribution in [3.8, 4) is 5.75 Å². The highest BCUT2D eigenvalue weighted by atomic mass is 32.2. The number of nitrogens with one attached hydrogen (secondary N) is 3. The number of benzene rings is 2. The van der Waals surface area contributed by atoms with Crippen LogP contribution >= 0.6 is 11.8 Å². The van der Waals surface area contributed by atoms with Gasteiger partial charge in [-0.2, -0.15) is 0 Å². The number of carbonyl (C=O) groups is 1. The molecule has 2 heterocycles. The van der Waals surface area contributed by atoms with Crippen molar-refractivity contribution in [2.75, 3.05) is 17.1 Å². The van der Waals surface area contributed by atoms with Crippen LogP contribution in [0.2, 0.25) is 0 Å². The lowest BCUT2D eigenvalue weighted by atomic mass is 10.3. The molecule has 2 aromatic heterocycles. The van der Waals surface area contributed by atoms with Crippen LogP contribution in [0.5, 0.6) is 5.75 Å². The molecule has 0 aliphatic carbocycles. The molecular weight excluding hydrogens is 464 g/mol. The van der Waals surface area contributed by atoms with Gasteiger partial charge in [-0.15, -0.1) is 0 Å². The van der Waals surface area contributed by atoms with Gasteiger partial charge in [-0.05, 0) is 49.4 Å². The number of amides is 1. The molecule has 0 radical (unpaired) electrons. The second-order valence-electron chi connectivity index (χ2n) is 6.88. The summed E-state index contributed by atoms with van der Waals surface area (Å²) < 4.78 is 32.4. The number of hydrogen-bond acceptors (Lipinski definition) is 8. The molecule has 33 heavy (non-hydrogen) atoms. The van der Waals surface area contributed by atoms with E-state index in [4.69, 9.17) is 4.74 Å². The first-order valence-corrected chi connectivity index (χ1v) is 12.1. The maximum absolute atomic E-state index is 12.6. The largest absolute Gasteiger partial charge is 0.497 e. The summed E-state index contributed by atoms with van der Waals surface area (Å²) in [6, 6.07) is 12.9. The zero-order valence-corrected chi connectivity index (χ0v) is 19.3. The predicted molar refractivity (Wildman–Crippen MR) is 126 cm³/mol. The molecule has 0 aliphatic rings. The van der Waals surface area contributed by atoms with E-state index < -0.39 is 15.3 Å². The van der Waals surface area contributed by atoms with Crippen LogP contribution in [0.15, 0.2) is 71.0 Å². The molecule has 2 aromatic carbocycles. The van der Waals surface area contributed by atoms with Crippen molar-refractivity contribution in [2.24, 2.45) is 0 Å². The van der Waals surface area contributed by atoms with E-state index in [0.717, 1.165) is 11.0 Å². The molecule has 0 saturated carbocycles. The lowest BCUT2D eigenvalue weighted by molar-refractivity contribution is -0.115. The van der Waals surface area contributed by atoms with Crippen molar-refractivity contribution < 1.29 is 17.9 Å². The summed E-state index contributed by atoms with van der Waals surface area (Å²) >= 11 is 1.28. The highest BCUT2D eigenvalue weighted by Gasteiger charge is 2.19. The van der Waals surface area contributed by atoms with Crippen LogP contribution in [0.4, 0.5) is 11.6 Å². The fraction of sp³-hybridized carbons (Fsp3) is 0.143. The third kappa shape index (κ3) is 5.41. The average molecular weight is 485 g/mol. The Morgan fingerprint density at radius 3 is 2.55 bits per heavy atom. The van der Waals surface area contributed by atoms with Gasteiger partial charge in [0.05, 0.1) is 28.3 Å². The standard InChI is InChI=1S/C21H20N6O4S2/c1-13(32-21-25-17-9-6-15(31-2)12-18(17)26-21)19(28)24-14-4-7-16(8-5-14)33(29,30)27-20-22-10-3-11-23-20/h3-13H,1-2H3,(H,24,28)(H,25,26)(H,22,23,27)/t13-/m1/s1. The smallest absolute Gasteiger partial charge is 0.264 e. The number of aromatic nitrogens is 4. The van der Waals surface area contributed by atoms with E-state index in [2.05, 4.69) is 30.0 Å². The van der Waals surface area contributed by atoms with Crippen LogP contribution in [0.1, 0.15) is 6.92 Å². The summed E-state index contributed by atoms with van der Waals surface area (Å²) in [5.74, 6) is 0.444. The van der Waals surface area contributed by atoms with Gasteiger partial charge in [-0.1, -0.05) is 11.8 Å². The highest BCUT2D eigenvalue weighted by Crippen LogP contribution is 2.26. The molecule has 3 N–H and O–H groups in total. The van der Waals surface area contributed by atoms with E-state index in [9.17, 15) is 13.2 Å². The van der Waals surface area contributed by atoms with E-state index in [1.807, 2.05) is 18.2 Å². The Morgan fingerprint density at radius 1 is 1.12 bits per heavy atom. The van der Waals surface area contributed by atoms with Crippen LogP contribution < -0.4 is 14.8 Å². The summed E-state index contributed by atoms with van der Waals surface area (Å²) in [4.78, 5) is 28.0. The third-order valence-corrected chi connectivity index (χ3v) is 6.88. The Hall–Kier alpha value is -3.64. The normalized spacial score (nSPS) is 12.3. The van der Waals surface area contributed by atoms with Crippen LogP contribution in [-0.2, 0) is 14.8 Å². The molecule has 0 saturated heterocycles. The topological polar surface area (TPSA) is 139 Å². The minimum absolute atomic E-state index is 0.0214. The van der Waals surface area contributed by atoms with Crippen molar-refractivity contribution in [3.05, 3.63) is 60.9 Å². The Balaban J connectivity index is 1.39. The monoisotopic (exact) mass is 484 g/mol. The number of sulfonamides is 1. The van der Waals surface area contributed by atoms with Crippen LogP contribution in [0, 0.1) is 0 Å². The Labute approximate surface area is 194 Å². The van der Waals surface area contributed by atoms with E-state index >= 15 is 0 Å². The number of nitrogens with zero attached hydrogens (tertiary/aromatic N) is 3. The van der Waals surface area contributed by atoms with Crippen molar-refractivity contribution in [3.63, 3.8) is 0 Å². The predicted octanol–water partition coefficient (Wildman–Crippen LogP) is 3.28. The van der Waals surface area contributed by atoms with Gasteiger partial charge in [0.1, 0.15) is 5.75 Å². The number of anilines is 2. The van der Waals surface area contributed by atoms with Crippen LogP contribution in [0.3, 0.4) is 0 Å². The quantitative estimate of drug-likeness (QED) is 0.324. The molecular formula is C21H20N6O4S2. The fourth-order valence-electron chi connectivity index (χ4n) is 2.86. The molecule has 4 rings (SSSR count). The first-order valence-electron chi connectivity index (χ1n) is 9.75. The van der Waals surface area contributed by atoms with Crippen molar-refractivity contribution in [1.29, 1.82) is 0 Å². The van der Waals surface area contributed by atoms with Crippen molar-refractivity contribution in [2.45, 2.75) is 22.2 Å². The number of hydrogen-bond donors (Lipinski definition) is 3. The molecule has 1 amide bonds. The molecule has 1 atom stereocenters. The summed E-state index contributed by atoms with van der Waals surface area (Å²) in [6.07, 6.45) is 2.87. The first kappa shape index (κ1) is 22.6. The molecule has 0 unspecified atom stereocenters. The summed E-state index contributed by atoms with van der Waals surface area (Å²) in [5.41, 5.74) is 2.06. The second kappa shape index (κ2) is 9.46. The zero-order chi connectivity index (χ0) is 23.4. The lowest BCUT2D eigenvalue weighted by Crippen LogP contribution is -2.22. The first-order chi connectivity index (χ1) is 15.8. The number of methoxy groups -OCH3 is 1. The minimum atomic E-state index is -3.85. The van der Waals surface area contributed by atoms with Gasteiger partial charge < -0.3 is 15.0 Å². The Bertz CT molecular complexity index is 1380. The number of aromatic amines is 1. The van der Waals surface area contributed by atoms with Gasteiger partial charge in [0.25, 0.3) is 10.0 Å². The van der Waals surface area contributed by atoms with Gasteiger partial charge in [0, 0.05) is 24.1 Å². The number of H-pyrrole nitrogens is 1. The number of imidazole rings is 1. The van der Waals surface area contributed by atoms with Gasteiger partial charge in [-0.25, -0.2) is 28.1 Å². The Kier molecular flexibility index (Phi) is 6.47. The fourth-order valence-corrected chi connectivity index (χ4v) is 4.64. The van der Waals surface area contributed by atoms with Gasteiger partial charge >= 0.3 is 0 Å². The van der Waals surface area contributed by atoms with E-state index in [0.29, 0.717) is 16.6 Å². The van der Waals surface area contributed by atoms with E-state index in [1.54, 1.807) is 20.1 Å². The molecule has 12 heteroatoms. The van der Waals surface area contributed by atoms with Crippen LogP contribution in [-0.4, -0.2) is 46.6 Å². The summed E-state index contributed by atoms with van der Waals surface area (Å²) in [5, 5.41) is 2.94. The number of ether oxygens (including phenoxy) is 1. The van der Waals surface area contributed by atoms with Gasteiger partial charge in [0.15, 0.2) is 5.16 Å². The van der Waals surface area contributed by atoms with Gasteiger partial charge in [-0.3, -0.25) is 4.79 Å². The molecule has 4 aromatic rings. The molecule has 0 aliphatic heterocycles. The number of thioether (sulfide) groups is 1. The molecule has 10 nitrogen and oxygen atoms in total. The number of fused-ring (bicyclic) bond motifs is 1. The van der Waals surface area contributed by atoms with E-state index in [-0.39, 0.29) is 16.8 Å². The summed E-state index contributed by atoms with van der Waals surface area (Å²) in [7, 11) is -2.25. The van der Waals surface area contributed by atoms with Crippen molar-refractivity contribution in [1.82, 2.24) is 19.9 Å². The molecule has 170 valence electrons. The third-order valence-electron chi connectivity index (χ3n) is 4.55. The highest BCUT2D eigenvalue weighted by molar-refractivity contribution is 8.00. The molecule has 0 spiro atoms. The van der Waals surface area contributed by atoms with Crippen LogP contribution in [0.25, 0.3) is 11.0 Å². The molecule has 0 bridgehead atoms. The average Bonchev–Trinajstić information content (AvgIpc) is 3.21. The molecule has 0 fully saturated rings. The maximum atomic E-state index is 12.6. The lowest BCUT2D eigenvalue weighted by Gasteiger charge is -2.11. The maximum Gasteiger partial charge on any atom is 0.264 e. The second-order valence-corrected chi connectivity index (χ2v) is 9.89. The number of rotatable bonds is 8. The van der Waals surface area contributed by atoms with Gasteiger partial charge in [0.2, 0.25) is 11.9 Å². The Morgan fingerprint density at radius 2 is 1.85 bits per heavy atom. The summed E-state index contributed by atoms with van der Waals surface area (Å²) in [6.45, 7) is 1.76. The number of carbonyl (C=O) groups excluding carboxylic acids is 1. The zero-order valence-electron chi connectivity index (χ0n) is 17.6. The minimum Gasteiger partial charge on any atom is -0.497 e. The van der Waals surface area contributed by atoms with E-state index in [1.165, 1.54) is 48.4 Å². The SMILES string of the molecule is COc1ccc2nc(S[C@H](C)C(=O)Nc3ccc(S(=O)(=O)Nc4ncccn4)cc3)[nH]c2c1.